The van der Waals surface area contributed by atoms with E-state index in [1.54, 1.807) is 18.2 Å². The SMILES string of the molecule is NNC(Cc1cccc(F)c1F)c1ccc(Cl)cc1Br. The van der Waals surface area contributed by atoms with Crippen LogP contribution in [0.1, 0.15) is 17.2 Å². The summed E-state index contributed by atoms with van der Waals surface area (Å²) in [5.41, 5.74) is 3.69. The van der Waals surface area contributed by atoms with E-state index >= 15 is 0 Å². The standard InChI is InChI=1S/C14H12BrClF2N2/c15-11-7-9(16)4-5-10(11)13(20-19)6-8-2-1-3-12(17)14(8)18/h1-5,7,13,20H,6,19H2. The molecule has 0 aliphatic carbocycles. The second-order valence-corrected chi connectivity index (χ2v) is 5.59. The van der Waals surface area contributed by atoms with Crippen LogP contribution in [-0.2, 0) is 6.42 Å². The Bertz CT molecular complexity index is 622. The van der Waals surface area contributed by atoms with Crippen molar-refractivity contribution < 1.29 is 8.78 Å². The Hall–Kier alpha value is -1.01. The van der Waals surface area contributed by atoms with Gasteiger partial charge in [0.2, 0.25) is 0 Å². The van der Waals surface area contributed by atoms with Crippen LogP contribution in [0.5, 0.6) is 0 Å². The van der Waals surface area contributed by atoms with E-state index in [1.807, 2.05) is 0 Å². The molecule has 1 unspecified atom stereocenters. The fourth-order valence-corrected chi connectivity index (χ4v) is 2.93. The zero-order valence-electron chi connectivity index (χ0n) is 10.3. The van der Waals surface area contributed by atoms with Gasteiger partial charge >= 0.3 is 0 Å². The molecular formula is C14H12BrClF2N2. The summed E-state index contributed by atoms with van der Waals surface area (Å²) < 4.78 is 27.7. The number of hydrazine groups is 1. The average molecular weight is 362 g/mol. The van der Waals surface area contributed by atoms with Gasteiger partial charge in [-0.1, -0.05) is 45.7 Å². The Morgan fingerprint density at radius 1 is 1.25 bits per heavy atom. The molecule has 0 radical (unpaired) electrons. The van der Waals surface area contributed by atoms with Crippen LogP contribution in [0, 0.1) is 11.6 Å². The van der Waals surface area contributed by atoms with Crippen LogP contribution in [0.15, 0.2) is 40.9 Å². The first-order valence-corrected chi connectivity index (χ1v) is 7.04. The van der Waals surface area contributed by atoms with Crippen molar-refractivity contribution in [3.05, 3.63) is 68.7 Å². The van der Waals surface area contributed by atoms with Gasteiger partial charge in [0, 0.05) is 9.50 Å². The van der Waals surface area contributed by atoms with Crippen LogP contribution in [-0.4, -0.2) is 0 Å². The first-order chi connectivity index (χ1) is 9.52. The van der Waals surface area contributed by atoms with Crippen molar-refractivity contribution in [2.45, 2.75) is 12.5 Å². The normalized spacial score (nSPS) is 12.4. The third kappa shape index (κ3) is 3.35. The number of hydrogen-bond acceptors (Lipinski definition) is 2. The van der Waals surface area contributed by atoms with Crippen molar-refractivity contribution in [2.75, 3.05) is 0 Å². The first kappa shape index (κ1) is 15.4. The summed E-state index contributed by atoms with van der Waals surface area (Å²) in [7, 11) is 0. The van der Waals surface area contributed by atoms with E-state index in [2.05, 4.69) is 21.4 Å². The molecule has 2 aromatic carbocycles. The lowest BCUT2D eigenvalue weighted by Gasteiger charge is -2.18. The molecule has 0 saturated heterocycles. The van der Waals surface area contributed by atoms with E-state index in [-0.39, 0.29) is 18.0 Å². The Labute approximate surface area is 129 Å². The van der Waals surface area contributed by atoms with Gasteiger partial charge in [0.1, 0.15) is 0 Å². The van der Waals surface area contributed by atoms with E-state index < -0.39 is 11.6 Å². The second kappa shape index (κ2) is 6.63. The first-order valence-electron chi connectivity index (χ1n) is 5.87. The van der Waals surface area contributed by atoms with Gasteiger partial charge in [-0.3, -0.25) is 11.3 Å². The van der Waals surface area contributed by atoms with Crippen LogP contribution in [0.3, 0.4) is 0 Å². The molecule has 0 saturated carbocycles. The highest BCUT2D eigenvalue weighted by Gasteiger charge is 2.17. The molecule has 6 heteroatoms. The summed E-state index contributed by atoms with van der Waals surface area (Å²) in [4.78, 5) is 0. The zero-order valence-corrected chi connectivity index (χ0v) is 12.7. The number of benzene rings is 2. The van der Waals surface area contributed by atoms with Crippen LogP contribution < -0.4 is 11.3 Å². The Morgan fingerprint density at radius 2 is 2.00 bits per heavy atom. The highest BCUT2D eigenvalue weighted by atomic mass is 79.9. The number of nitrogens with one attached hydrogen (secondary N) is 1. The highest BCUT2D eigenvalue weighted by Crippen LogP contribution is 2.29. The van der Waals surface area contributed by atoms with E-state index in [1.165, 1.54) is 12.1 Å². The van der Waals surface area contributed by atoms with Crippen LogP contribution >= 0.6 is 27.5 Å². The Kier molecular flexibility index (Phi) is 5.10. The van der Waals surface area contributed by atoms with Gasteiger partial charge in [-0.15, -0.1) is 0 Å². The summed E-state index contributed by atoms with van der Waals surface area (Å²) in [6.07, 6.45) is 0.223. The van der Waals surface area contributed by atoms with Crippen LogP contribution in [0.25, 0.3) is 0 Å². The molecule has 1 atom stereocenters. The maximum absolute atomic E-state index is 13.7. The maximum Gasteiger partial charge on any atom is 0.162 e. The molecular weight excluding hydrogens is 350 g/mol. The predicted octanol–water partition coefficient (Wildman–Crippen LogP) is 4.13. The zero-order chi connectivity index (χ0) is 14.7. The maximum atomic E-state index is 13.7. The summed E-state index contributed by atoms with van der Waals surface area (Å²) in [5, 5.41) is 0.577. The van der Waals surface area contributed by atoms with Crippen molar-refractivity contribution in [3.63, 3.8) is 0 Å². The topological polar surface area (TPSA) is 38.0 Å². The number of rotatable bonds is 4. The van der Waals surface area contributed by atoms with Crippen molar-refractivity contribution in [2.24, 2.45) is 5.84 Å². The van der Waals surface area contributed by atoms with E-state index in [0.717, 1.165) is 16.1 Å². The average Bonchev–Trinajstić information content (AvgIpc) is 2.41. The third-order valence-electron chi connectivity index (χ3n) is 2.99. The fourth-order valence-electron chi connectivity index (χ4n) is 1.97. The van der Waals surface area contributed by atoms with Gasteiger partial charge in [0.15, 0.2) is 11.6 Å². The number of hydrogen-bond donors (Lipinski definition) is 2. The molecule has 0 aliphatic rings. The van der Waals surface area contributed by atoms with Gasteiger partial charge in [0.05, 0.1) is 6.04 Å². The molecule has 0 aromatic heterocycles. The molecule has 0 aliphatic heterocycles. The smallest absolute Gasteiger partial charge is 0.162 e. The largest absolute Gasteiger partial charge is 0.271 e. The minimum absolute atomic E-state index is 0.223. The Balaban J connectivity index is 2.31. The lowest BCUT2D eigenvalue weighted by molar-refractivity contribution is 0.481. The lowest BCUT2D eigenvalue weighted by atomic mass is 9.99. The molecule has 106 valence electrons. The molecule has 0 heterocycles. The highest BCUT2D eigenvalue weighted by molar-refractivity contribution is 9.10. The monoisotopic (exact) mass is 360 g/mol. The predicted molar refractivity (Wildman–Crippen MR) is 79.3 cm³/mol. The molecule has 0 bridgehead atoms. The van der Waals surface area contributed by atoms with Crippen molar-refractivity contribution in [3.8, 4) is 0 Å². The molecule has 0 spiro atoms. The molecule has 2 aromatic rings. The molecule has 20 heavy (non-hydrogen) atoms. The van der Waals surface area contributed by atoms with Crippen molar-refractivity contribution in [1.82, 2.24) is 5.43 Å². The quantitative estimate of drug-likeness (QED) is 0.635. The minimum atomic E-state index is -0.867. The molecule has 2 nitrogen and oxygen atoms in total. The summed E-state index contributed by atoms with van der Waals surface area (Å²) >= 11 is 9.27. The van der Waals surface area contributed by atoms with E-state index in [4.69, 9.17) is 17.4 Å². The van der Waals surface area contributed by atoms with Crippen LogP contribution in [0.2, 0.25) is 5.02 Å². The minimum Gasteiger partial charge on any atom is -0.271 e. The van der Waals surface area contributed by atoms with Gasteiger partial charge in [0.25, 0.3) is 0 Å². The number of nitrogens with two attached hydrogens (primary N) is 1. The van der Waals surface area contributed by atoms with Gasteiger partial charge in [-0.25, -0.2) is 8.78 Å². The summed E-state index contributed by atoms with van der Waals surface area (Å²) in [5.74, 6) is 3.81. The van der Waals surface area contributed by atoms with Gasteiger partial charge in [-0.05, 0) is 35.7 Å². The summed E-state index contributed by atoms with van der Waals surface area (Å²) in [6.45, 7) is 0. The fraction of sp³-hybridized carbons (Fsp3) is 0.143. The van der Waals surface area contributed by atoms with Crippen molar-refractivity contribution >= 4 is 27.5 Å². The summed E-state index contributed by atoms with van der Waals surface area (Å²) in [6, 6.07) is 8.95. The molecule has 2 rings (SSSR count). The Morgan fingerprint density at radius 3 is 2.65 bits per heavy atom. The lowest BCUT2D eigenvalue weighted by Crippen LogP contribution is -2.30. The second-order valence-electron chi connectivity index (χ2n) is 4.30. The van der Waals surface area contributed by atoms with Crippen LogP contribution in [0.4, 0.5) is 8.78 Å². The molecule has 3 N–H and O–H groups in total. The molecule has 0 amide bonds. The van der Waals surface area contributed by atoms with E-state index in [9.17, 15) is 8.78 Å². The molecule has 0 fully saturated rings. The number of halogens is 4. The third-order valence-corrected chi connectivity index (χ3v) is 3.92. The van der Waals surface area contributed by atoms with Crippen molar-refractivity contribution in [1.29, 1.82) is 0 Å². The van der Waals surface area contributed by atoms with Gasteiger partial charge < -0.3 is 0 Å². The van der Waals surface area contributed by atoms with Gasteiger partial charge in [-0.2, -0.15) is 0 Å². The van der Waals surface area contributed by atoms with E-state index in [0.29, 0.717) is 5.02 Å².